The zero-order valence-electron chi connectivity index (χ0n) is 13.5. The number of thioether (sulfide) groups is 1. The van der Waals surface area contributed by atoms with Crippen LogP contribution in [0.15, 0.2) is 59.1 Å². The topological polar surface area (TPSA) is 68.0 Å². The number of hydrogen-bond donors (Lipinski definition) is 1. The van der Waals surface area contributed by atoms with Crippen LogP contribution in [-0.4, -0.2) is 21.3 Å². The van der Waals surface area contributed by atoms with E-state index in [0.29, 0.717) is 22.5 Å². The molecular weight excluding hydrogens is 358 g/mol. The van der Waals surface area contributed by atoms with Gasteiger partial charge in [0.2, 0.25) is 17.6 Å². The fraction of sp³-hybridized carbons (Fsp3) is 0.167. The van der Waals surface area contributed by atoms with Crippen LogP contribution in [0.25, 0.3) is 11.4 Å². The first-order valence-corrected chi connectivity index (χ1v) is 9.10. The van der Waals surface area contributed by atoms with Crippen LogP contribution in [0.5, 0.6) is 0 Å². The summed E-state index contributed by atoms with van der Waals surface area (Å²) < 4.78 is 5.25. The molecule has 1 N–H and O–H groups in total. The minimum atomic E-state index is -0.248. The van der Waals surface area contributed by atoms with Gasteiger partial charge in [-0.1, -0.05) is 47.1 Å². The van der Waals surface area contributed by atoms with Crippen LogP contribution in [0, 0.1) is 0 Å². The molecule has 0 bridgehead atoms. The lowest BCUT2D eigenvalue weighted by molar-refractivity contribution is -0.115. The van der Waals surface area contributed by atoms with Crippen molar-refractivity contribution in [3.8, 4) is 11.4 Å². The average Bonchev–Trinajstić information content (AvgIpc) is 3.09. The lowest BCUT2D eigenvalue weighted by atomic mass is 10.2. The van der Waals surface area contributed by atoms with Crippen molar-refractivity contribution >= 4 is 35.0 Å². The molecule has 1 aromatic heterocycles. The molecule has 128 valence electrons. The molecule has 7 heteroatoms. The second-order valence-corrected chi connectivity index (χ2v) is 7.10. The Bertz CT molecular complexity index is 854. The van der Waals surface area contributed by atoms with Gasteiger partial charge < -0.3 is 9.84 Å². The van der Waals surface area contributed by atoms with E-state index >= 15 is 0 Å². The van der Waals surface area contributed by atoms with Crippen molar-refractivity contribution in [1.82, 2.24) is 10.1 Å². The predicted octanol–water partition coefficient (Wildman–Crippen LogP) is 4.65. The van der Waals surface area contributed by atoms with Crippen LogP contribution >= 0.6 is 23.4 Å². The third-order valence-corrected chi connectivity index (χ3v) is 4.78. The van der Waals surface area contributed by atoms with Crippen LogP contribution in [0.1, 0.15) is 12.8 Å². The number of carbonyl (C=O) groups is 1. The van der Waals surface area contributed by atoms with Gasteiger partial charge in [0.15, 0.2) is 0 Å². The number of nitrogens with one attached hydrogen (secondary N) is 1. The number of nitrogens with zero attached hydrogens (tertiary/aromatic N) is 2. The molecule has 0 saturated carbocycles. The van der Waals surface area contributed by atoms with E-state index in [1.807, 2.05) is 49.4 Å². The highest BCUT2D eigenvalue weighted by atomic mass is 35.5. The normalized spacial score (nSPS) is 11.9. The third kappa shape index (κ3) is 4.84. The number of aromatic nitrogens is 2. The minimum absolute atomic E-state index is 0.0641. The molecule has 1 heterocycles. The summed E-state index contributed by atoms with van der Waals surface area (Å²) in [6.07, 6.45) is 0. The molecule has 0 spiro atoms. The van der Waals surface area contributed by atoms with Crippen molar-refractivity contribution in [3.05, 3.63) is 65.5 Å². The van der Waals surface area contributed by atoms with E-state index < -0.39 is 0 Å². The molecule has 3 aromatic rings. The predicted molar refractivity (Wildman–Crippen MR) is 101 cm³/mol. The molecule has 3 rings (SSSR count). The Morgan fingerprint density at radius 2 is 2.04 bits per heavy atom. The van der Waals surface area contributed by atoms with E-state index in [1.54, 1.807) is 12.1 Å². The maximum absolute atomic E-state index is 12.2. The van der Waals surface area contributed by atoms with Gasteiger partial charge >= 0.3 is 0 Å². The Kier molecular flexibility index (Phi) is 5.73. The number of halogens is 1. The SMILES string of the molecule is C[C@H](SCc1nc(-c2cccc(Cl)c2)no1)C(=O)Nc1ccccc1. The summed E-state index contributed by atoms with van der Waals surface area (Å²) in [4.78, 5) is 16.5. The second kappa shape index (κ2) is 8.18. The van der Waals surface area contributed by atoms with Gasteiger partial charge in [-0.2, -0.15) is 4.98 Å². The molecular formula is C18H16ClN3O2S. The van der Waals surface area contributed by atoms with Crippen LogP contribution in [0.2, 0.25) is 5.02 Å². The molecule has 0 fully saturated rings. The Morgan fingerprint density at radius 3 is 2.80 bits per heavy atom. The van der Waals surface area contributed by atoms with Gasteiger partial charge in [0.1, 0.15) is 0 Å². The summed E-state index contributed by atoms with van der Waals surface area (Å²) in [7, 11) is 0. The van der Waals surface area contributed by atoms with Gasteiger partial charge in [-0.3, -0.25) is 4.79 Å². The Labute approximate surface area is 154 Å². The molecule has 1 amide bonds. The van der Waals surface area contributed by atoms with E-state index in [-0.39, 0.29) is 11.2 Å². The zero-order chi connectivity index (χ0) is 17.6. The number of anilines is 1. The van der Waals surface area contributed by atoms with E-state index in [2.05, 4.69) is 15.5 Å². The Hall–Kier alpha value is -2.31. The van der Waals surface area contributed by atoms with Crippen molar-refractivity contribution in [3.63, 3.8) is 0 Å². The number of hydrogen-bond acceptors (Lipinski definition) is 5. The highest BCUT2D eigenvalue weighted by molar-refractivity contribution is 7.99. The fourth-order valence-electron chi connectivity index (χ4n) is 2.10. The highest BCUT2D eigenvalue weighted by Gasteiger charge is 2.16. The van der Waals surface area contributed by atoms with Crippen LogP contribution < -0.4 is 5.32 Å². The molecule has 1 atom stereocenters. The standard InChI is InChI=1S/C18H16ClN3O2S/c1-12(18(23)20-15-8-3-2-4-9-15)25-11-16-21-17(22-24-16)13-6-5-7-14(19)10-13/h2-10,12H,11H2,1H3,(H,20,23)/t12-/m0/s1. The third-order valence-electron chi connectivity index (χ3n) is 3.42. The van der Waals surface area contributed by atoms with Crippen LogP contribution in [0.4, 0.5) is 5.69 Å². The first-order chi connectivity index (χ1) is 12.1. The van der Waals surface area contributed by atoms with Crippen LogP contribution in [0.3, 0.4) is 0 Å². The maximum Gasteiger partial charge on any atom is 0.237 e. The number of para-hydroxylation sites is 1. The average molecular weight is 374 g/mol. The zero-order valence-corrected chi connectivity index (χ0v) is 15.1. The van der Waals surface area contributed by atoms with Gasteiger partial charge in [0.05, 0.1) is 11.0 Å². The van der Waals surface area contributed by atoms with Crippen molar-refractivity contribution < 1.29 is 9.32 Å². The second-order valence-electron chi connectivity index (χ2n) is 5.33. The van der Waals surface area contributed by atoms with Crippen molar-refractivity contribution in [2.45, 2.75) is 17.9 Å². The van der Waals surface area contributed by atoms with Crippen molar-refractivity contribution in [1.29, 1.82) is 0 Å². The van der Waals surface area contributed by atoms with Gasteiger partial charge in [-0.25, -0.2) is 0 Å². The number of amides is 1. The number of carbonyl (C=O) groups excluding carboxylic acids is 1. The molecule has 25 heavy (non-hydrogen) atoms. The number of rotatable bonds is 6. The molecule has 0 saturated heterocycles. The summed E-state index contributed by atoms with van der Waals surface area (Å²) >= 11 is 7.41. The minimum Gasteiger partial charge on any atom is -0.338 e. The molecule has 2 aromatic carbocycles. The van der Waals surface area contributed by atoms with Crippen molar-refractivity contribution in [2.24, 2.45) is 0 Å². The van der Waals surface area contributed by atoms with E-state index in [9.17, 15) is 4.79 Å². The Morgan fingerprint density at radius 1 is 1.24 bits per heavy atom. The van der Waals surface area contributed by atoms with Crippen molar-refractivity contribution in [2.75, 3.05) is 5.32 Å². The lowest BCUT2D eigenvalue weighted by Gasteiger charge is -2.10. The van der Waals surface area contributed by atoms with Gasteiger partial charge in [0.25, 0.3) is 0 Å². The smallest absolute Gasteiger partial charge is 0.237 e. The first-order valence-electron chi connectivity index (χ1n) is 7.68. The quantitative estimate of drug-likeness (QED) is 0.681. The van der Waals surface area contributed by atoms with Crippen LogP contribution in [-0.2, 0) is 10.5 Å². The Balaban J connectivity index is 1.56. The molecule has 0 aliphatic rings. The molecule has 0 unspecified atom stereocenters. The maximum atomic E-state index is 12.2. The van der Waals surface area contributed by atoms with Gasteiger partial charge in [0, 0.05) is 16.3 Å². The van der Waals surface area contributed by atoms with E-state index in [4.69, 9.17) is 16.1 Å². The highest BCUT2D eigenvalue weighted by Crippen LogP contribution is 2.23. The summed E-state index contributed by atoms with van der Waals surface area (Å²) in [6, 6.07) is 16.6. The fourth-order valence-corrected chi connectivity index (χ4v) is 3.01. The summed E-state index contributed by atoms with van der Waals surface area (Å²) in [5.41, 5.74) is 1.57. The lowest BCUT2D eigenvalue weighted by Crippen LogP contribution is -2.22. The largest absolute Gasteiger partial charge is 0.338 e. The van der Waals surface area contributed by atoms with Gasteiger partial charge in [-0.15, -0.1) is 11.8 Å². The molecule has 0 aliphatic heterocycles. The molecule has 5 nitrogen and oxygen atoms in total. The molecule has 0 radical (unpaired) electrons. The first kappa shape index (κ1) is 17.5. The summed E-state index contributed by atoms with van der Waals surface area (Å²) in [5, 5.41) is 7.20. The van der Waals surface area contributed by atoms with E-state index in [1.165, 1.54) is 11.8 Å². The summed E-state index contributed by atoms with van der Waals surface area (Å²) in [6.45, 7) is 1.84. The molecule has 0 aliphatic carbocycles. The monoisotopic (exact) mass is 373 g/mol. The summed E-state index contributed by atoms with van der Waals surface area (Å²) in [5.74, 6) is 1.35. The van der Waals surface area contributed by atoms with E-state index in [0.717, 1.165) is 11.3 Å². The van der Waals surface area contributed by atoms with Gasteiger partial charge in [-0.05, 0) is 31.2 Å². The number of benzene rings is 2.